The summed E-state index contributed by atoms with van der Waals surface area (Å²) in [4.78, 5) is 0. The third-order valence-electron chi connectivity index (χ3n) is 4.04. The molecule has 1 aromatic rings. The zero-order valence-electron chi connectivity index (χ0n) is 13.0. The second-order valence-electron chi connectivity index (χ2n) is 5.41. The van der Waals surface area contributed by atoms with E-state index in [0.717, 1.165) is 28.6 Å². The summed E-state index contributed by atoms with van der Waals surface area (Å²) in [7, 11) is -1.38. The third kappa shape index (κ3) is 4.44. The van der Waals surface area contributed by atoms with E-state index in [1.54, 1.807) is 18.3 Å². The van der Waals surface area contributed by atoms with Crippen LogP contribution in [0.5, 0.6) is 5.75 Å². The van der Waals surface area contributed by atoms with E-state index in [9.17, 15) is 8.42 Å². The molecular weight excluding hydrogens is 368 g/mol. The van der Waals surface area contributed by atoms with Crippen LogP contribution in [0, 0.1) is 0 Å². The predicted molar refractivity (Wildman–Crippen MR) is 91.6 cm³/mol. The highest BCUT2D eigenvalue weighted by Gasteiger charge is 2.26. The Kier molecular flexibility index (Phi) is 6.26. The van der Waals surface area contributed by atoms with E-state index in [1.165, 1.54) is 0 Å². The normalized spacial score (nSPS) is 17.6. The highest BCUT2D eigenvalue weighted by molar-refractivity contribution is 9.10. The topological polar surface area (TPSA) is 58.6 Å². The van der Waals surface area contributed by atoms with Crippen LogP contribution in [-0.2, 0) is 16.6 Å². The van der Waals surface area contributed by atoms with Gasteiger partial charge in [0.15, 0.2) is 0 Å². The fourth-order valence-corrected chi connectivity index (χ4v) is 4.20. The van der Waals surface area contributed by atoms with Gasteiger partial charge in [0, 0.05) is 35.7 Å². The van der Waals surface area contributed by atoms with Crippen LogP contribution in [0.4, 0.5) is 0 Å². The molecule has 0 aliphatic carbocycles. The van der Waals surface area contributed by atoms with Crippen molar-refractivity contribution in [2.75, 3.05) is 26.0 Å². The maximum absolute atomic E-state index is 11.8. The number of halogens is 1. The van der Waals surface area contributed by atoms with Crippen molar-refractivity contribution in [3.63, 3.8) is 0 Å². The summed E-state index contributed by atoms with van der Waals surface area (Å²) in [5.74, 6) is 1.04. The molecule has 0 radical (unpaired) electrons. The number of sulfonamides is 1. The predicted octanol–water partition coefficient (Wildman–Crippen LogP) is 2.36. The molecule has 2 rings (SSSR count). The van der Waals surface area contributed by atoms with Gasteiger partial charge in [-0.05, 0) is 38.0 Å². The van der Waals surface area contributed by atoms with Gasteiger partial charge in [-0.15, -0.1) is 0 Å². The molecule has 124 valence electrons. The molecule has 0 unspecified atom stereocenters. The molecule has 1 heterocycles. The van der Waals surface area contributed by atoms with Crippen LogP contribution < -0.4 is 10.1 Å². The fraction of sp³-hybridized carbons (Fsp3) is 0.600. The smallest absolute Gasteiger partial charge is 0.213 e. The number of hydrogen-bond donors (Lipinski definition) is 1. The molecule has 1 aromatic carbocycles. The van der Waals surface area contributed by atoms with Gasteiger partial charge in [0.05, 0.1) is 12.9 Å². The largest absolute Gasteiger partial charge is 0.496 e. The van der Waals surface area contributed by atoms with Crippen LogP contribution >= 0.6 is 15.9 Å². The maximum atomic E-state index is 11.8. The summed E-state index contributed by atoms with van der Waals surface area (Å²) in [6.45, 7) is 3.61. The summed E-state index contributed by atoms with van der Waals surface area (Å²) < 4.78 is 31.7. The Balaban J connectivity index is 1.88. The Morgan fingerprint density at radius 2 is 2.05 bits per heavy atom. The molecular formula is C15H23BrN2O3S. The molecule has 0 bridgehead atoms. The molecule has 5 nitrogen and oxygen atoms in total. The summed E-state index contributed by atoms with van der Waals surface area (Å²) >= 11 is 3.47. The van der Waals surface area contributed by atoms with Crippen molar-refractivity contribution in [2.45, 2.75) is 32.4 Å². The molecule has 22 heavy (non-hydrogen) atoms. The molecule has 1 aliphatic heterocycles. The monoisotopic (exact) mass is 390 g/mol. The molecule has 1 fully saturated rings. The first-order chi connectivity index (χ1) is 10.5. The zero-order chi connectivity index (χ0) is 16.2. The Morgan fingerprint density at radius 3 is 2.64 bits per heavy atom. The Hall–Kier alpha value is -0.630. The van der Waals surface area contributed by atoms with Gasteiger partial charge < -0.3 is 10.1 Å². The first-order valence-corrected chi connectivity index (χ1v) is 9.90. The van der Waals surface area contributed by atoms with Crippen LogP contribution in [0.25, 0.3) is 0 Å². The molecule has 0 amide bonds. The minimum atomic E-state index is -3.05. The van der Waals surface area contributed by atoms with Crippen molar-refractivity contribution in [1.29, 1.82) is 0 Å². The molecule has 1 aliphatic rings. The van der Waals surface area contributed by atoms with Gasteiger partial charge in [-0.25, -0.2) is 12.7 Å². The molecule has 0 aromatic heterocycles. The lowest BCUT2D eigenvalue weighted by Crippen LogP contribution is -2.45. The third-order valence-corrected chi connectivity index (χ3v) is 6.41. The van der Waals surface area contributed by atoms with Crippen LogP contribution in [0.3, 0.4) is 0 Å². The molecule has 1 N–H and O–H groups in total. The Labute approximate surface area is 141 Å². The van der Waals surface area contributed by atoms with Crippen LogP contribution in [-0.4, -0.2) is 44.7 Å². The van der Waals surface area contributed by atoms with Gasteiger partial charge >= 0.3 is 0 Å². The van der Waals surface area contributed by atoms with E-state index in [2.05, 4.69) is 21.2 Å². The van der Waals surface area contributed by atoms with Crippen molar-refractivity contribution in [1.82, 2.24) is 9.62 Å². The van der Waals surface area contributed by atoms with Crippen molar-refractivity contribution in [3.8, 4) is 5.75 Å². The minimum absolute atomic E-state index is 0.181. The van der Waals surface area contributed by atoms with E-state index in [4.69, 9.17) is 4.74 Å². The number of piperidine rings is 1. The minimum Gasteiger partial charge on any atom is -0.496 e. The van der Waals surface area contributed by atoms with E-state index in [0.29, 0.717) is 25.7 Å². The highest BCUT2D eigenvalue weighted by Crippen LogP contribution is 2.23. The van der Waals surface area contributed by atoms with Crippen molar-refractivity contribution in [3.05, 3.63) is 28.2 Å². The summed E-state index contributed by atoms with van der Waals surface area (Å²) in [6, 6.07) is 6.28. The fourth-order valence-electron chi connectivity index (χ4n) is 2.66. The summed E-state index contributed by atoms with van der Waals surface area (Å²) in [5.41, 5.74) is 1.10. The van der Waals surface area contributed by atoms with Crippen molar-refractivity contribution < 1.29 is 13.2 Å². The van der Waals surface area contributed by atoms with Gasteiger partial charge in [0.1, 0.15) is 5.75 Å². The molecule has 7 heteroatoms. The number of ether oxygens (including phenoxy) is 1. The molecule has 0 spiro atoms. The zero-order valence-corrected chi connectivity index (χ0v) is 15.4. The lowest BCUT2D eigenvalue weighted by atomic mass is 10.1. The van der Waals surface area contributed by atoms with E-state index in [1.807, 2.05) is 18.2 Å². The number of nitrogens with zero attached hydrogens (tertiary/aromatic N) is 1. The number of benzene rings is 1. The second kappa shape index (κ2) is 7.77. The SMILES string of the molecule is CCS(=O)(=O)N1CCC(NCc2cc(Br)ccc2OC)CC1. The van der Waals surface area contributed by atoms with Gasteiger partial charge in [-0.1, -0.05) is 15.9 Å². The van der Waals surface area contributed by atoms with E-state index >= 15 is 0 Å². The molecule has 0 atom stereocenters. The van der Waals surface area contributed by atoms with Gasteiger partial charge in [-0.2, -0.15) is 0 Å². The lowest BCUT2D eigenvalue weighted by molar-refractivity contribution is 0.288. The second-order valence-corrected chi connectivity index (χ2v) is 8.58. The van der Waals surface area contributed by atoms with E-state index < -0.39 is 10.0 Å². The highest BCUT2D eigenvalue weighted by atomic mass is 79.9. The number of nitrogens with one attached hydrogen (secondary N) is 1. The van der Waals surface area contributed by atoms with Crippen molar-refractivity contribution in [2.24, 2.45) is 0 Å². The van der Waals surface area contributed by atoms with Crippen LogP contribution in [0.15, 0.2) is 22.7 Å². The van der Waals surface area contributed by atoms with Gasteiger partial charge in [0.2, 0.25) is 10.0 Å². The first-order valence-electron chi connectivity index (χ1n) is 7.50. The average Bonchev–Trinajstić information content (AvgIpc) is 2.53. The molecule has 1 saturated heterocycles. The Bertz CT molecular complexity index is 599. The average molecular weight is 391 g/mol. The van der Waals surface area contributed by atoms with Gasteiger partial charge in [-0.3, -0.25) is 0 Å². The van der Waals surface area contributed by atoms with Gasteiger partial charge in [0.25, 0.3) is 0 Å². The lowest BCUT2D eigenvalue weighted by Gasteiger charge is -2.31. The Morgan fingerprint density at radius 1 is 1.36 bits per heavy atom. The first kappa shape index (κ1) is 17.7. The number of rotatable bonds is 6. The number of methoxy groups -OCH3 is 1. The molecule has 0 saturated carbocycles. The van der Waals surface area contributed by atoms with Crippen LogP contribution in [0.1, 0.15) is 25.3 Å². The van der Waals surface area contributed by atoms with Crippen LogP contribution in [0.2, 0.25) is 0 Å². The standard InChI is InChI=1S/C15H23BrN2O3S/c1-3-22(19,20)18-8-6-14(7-9-18)17-11-12-10-13(16)4-5-15(12)21-2/h4-5,10,14,17H,3,6-9,11H2,1-2H3. The maximum Gasteiger partial charge on any atom is 0.213 e. The van der Waals surface area contributed by atoms with E-state index in [-0.39, 0.29) is 5.75 Å². The quantitative estimate of drug-likeness (QED) is 0.809. The van der Waals surface area contributed by atoms with Crippen molar-refractivity contribution >= 4 is 26.0 Å². The summed E-state index contributed by atoms with van der Waals surface area (Å²) in [6.07, 6.45) is 1.69. The summed E-state index contributed by atoms with van der Waals surface area (Å²) in [5, 5.41) is 3.51. The number of hydrogen-bond acceptors (Lipinski definition) is 4.